The molecule has 47 heavy (non-hydrogen) atoms. The number of rotatable bonds is 4. The Morgan fingerprint density at radius 3 is 1.79 bits per heavy atom. The summed E-state index contributed by atoms with van der Waals surface area (Å²) in [6.07, 6.45) is 0. The van der Waals surface area contributed by atoms with E-state index >= 15 is 0 Å². The molecule has 2 aliphatic rings. The molecule has 0 amide bonds. The molecule has 0 atom stereocenters. The van der Waals surface area contributed by atoms with Gasteiger partial charge in [0.25, 0.3) is 0 Å². The molecule has 2 aliphatic carbocycles. The minimum atomic E-state index is -0.111. The van der Waals surface area contributed by atoms with E-state index in [9.17, 15) is 0 Å². The van der Waals surface area contributed by atoms with Crippen molar-refractivity contribution in [3.63, 3.8) is 0 Å². The average molecular weight is 608 g/mol. The maximum atomic E-state index is 6.51. The Balaban J connectivity index is 1.35. The van der Waals surface area contributed by atoms with Crippen LogP contribution in [0.1, 0.15) is 55.5 Å². The van der Waals surface area contributed by atoms with Crippen molar-refractivity contribution in [2.75, 3.05) is 5.73 Å². The van der Waals surface area contributed by atoms with Gasteiger partial charge in [-0.1, -0.05) is 125 Å². The summed E-state index contributed by atoms with van der Waals surface area (Å²) in [6.45, 7) is 9.87. The molecule has 2 heteroatoms. The summed E-state index contributed by atoms with van der Waals surface area (Å²) >= 11 is 0. The number of nitrogen functional groups attached to an aromatic ring is 1. The van der Waals surface area contributed by atoms with Crippen LogP contribution < -0.4 is 10.5 Å². The van der Waals surface area contributed by atoms with Crippen LogP contribution in [0.15, 0.2) is 127 Å². The topological polar surface area (TPSA) is 35.2 Å². The van der Waals surface area contributed by atoms with Gasteiger partial charge in [-0.05, 0) is 108 Å². The van der Waals surface area contributed by atoms with E-state index in [0.29, 0.717) is 18.0 Å². The maximum Gasteiger partial charge on any atom is 0.142 e. The van der Waals surface area contributed by atoms with Gasteiger partial charge in [-0.25, -0.2) is 0 Å². The van der Waals surface area contributed by atoms with Crippen LogP contribution in [0.25, 0.3) is 54.9 Å². The first-order valence-electron chi connectivity index (χ1n) is 16.6. The van der Waals surface area contributed by atoms with Gasteiger partial charge in [-0.2, -0.15) is 0 Å². The molecule has 2 nitrogen and oxygen atoms in total. The van der Waals surface area contributed by atoms with Gasteiger partial charge in [0, 0.05) is 16.4 Å². The highest BCUT2D eigenvalue weighted by Gasteiger charge is 2.37. The van der Waals surface area contributed by atoms with Gasteiger partial charge in [0.1, 0.15) is 12.4 Å². The third kappa shape index (κ3) is 3.91. The minimum Gasteiger partial charge on any atom is -0.487 e. The van der Waals surface area contributed by atoms with Crippen LogP contribution in [0.5, 0.6) is 5.75 Å². The second-order valence-corrected chi connectivity index (χ2v) is 14.3. The maximum absolute atomic E-state index is 6.51. The van der Waals surface area contributed by atoms with Gasteiger partial charge in [-0.3, -0.25) is 0 Å². The Hall–Kier alpha value is -5.34. The fourth-order valence-corrected chi connectivity index (χ4v) is 8.55. The number of nitrogens with two attached hydrogens (primary N) is 1. The molecular weight excluding hydrogens is 571 g/mol. The third-order valence-corrected chi connectivity index (χ3v) is 11.0. The van der Waals surface area contributed by atoms with E-state index in [2.05, 4.69) is 131 Å². The number of para-hydroxylation sites is 2. The van der Waals surface area contributed by atoms with Crippen molar-refractivity contribution in [3.8, 4) is 39.1 Å². The first-order chi connectivity index (χ1) is 22.7. The summed E-state index contributed by atoms with van der Waals surface area (Å²) < 4.78 is 6.51. The number of benzene rings is 7. The zero-order valence-corrected chi connectivity index (χ0v) is 27.3. The second kappa shape index (κ2) is 9.83. The minimum absolute atomic E-state index is 0.0815. The van der Waals surface area contributed by atoms with E-state index < -0.39 is 0 Å². The highest BCUT2D eigenvalue weighted by atomic mass is 16.5. The largest absolute Gasteiger partial charge is 0.487 e. The Labute approximate surface area is 276 Å². The first-order valence-corrected chi connectivity index (χ1v) is 16.6. The summed E-state index contributed by atoms with van der Waals surface area (Å²) in [7, 11) is 0. The molecule has 0 unspecified atom stereocenters. The average Bonchev–Trinajstić information content (AvgIpc) is 3.45. The Morgan fingerprint density at radius 1 is 0.489 bits per heavy atom. The van der Waals surface area contributed by atoms with E-state index in [1.165, 1.54) is 82.7 Å². The Kier molecular flexibility index (Phi) is 5.84. The molecule has 0 heterocycles. The zero-order valence-electron chi connectivity index (χ0n) is 27.3. The molecule has 2 N–H and O–H groups in total. The standard InChI is InChI=1S/C45H37NO/c1-44(2)37-17-9-7-14-29(37)31-22-21-27(23-39(31)44)43-32-16-6-5-13-28(32)36(26-47-42-20-12-11-19-41(42)46)33-24-34-30-15-8-10-18-38(30)45(3,4)40(34)25-35(33)43/h5-25H,26,46H2,1-4H3. The Morgan fingerprint density at radius 2 is 1.06 bits per heavy atom. The quantitative estimate of drug-likeness (QED) is 0.160. The molecule has 0 aromatic heterocycles. The molecule has 0 aliphatic heterocycles. The van der Waals surface area contributed by atoms with Crippen molar-refractivity contribution >= 4 is 27.2 Å². The van der Waals surface area contributed by atoms with Crippen molar-refractivity contribution in [3.05, 3.63) is 155 Å². The van der Waals surface area contributed by atoms with Gasteiger partial charge >= 0.3 is 0 Å². The van der Waals surface area contributed by atoms with Crippen molar-refractivity contribution in [1.82, 2.24) is 0 Å². The van der Waals surface area contributed by atoms with Crippen LogP contribution >= 0.6 is 0 Å². The molecule has 0 bridgehead atoms. The van der Waals surface area contributed by atoms with Gasteiger partial charge in [0.15, 0.2) is 0 Å². The predicted molar refractivity (Wildman–Crippen MR) is 197 cm³/mol. The molecule has 0 saturated heterocycles. The summed E-state index contributed by atoms with van der Waals surface area (Å²) in [5, 5.41) is 4.93. The van der Waals surface area contributed by atoms with Crippen LogP contribution in [0.4, 0.5) is 5.69 Å². The molecular formula is C45H37NO. The summed E-state index contributed by atoms with van der Waals surface area (Å²) in [6, 6.07) is 46.5. The number of hydrogen-bond donors (Lipinski definition) is 1. The van der Waals surface area contributed by atoms with Crippen LogP contribution in [0.2, 0.25) is 0 Å². The van der Waals surface area contributed by atoms with Gasteiger partial charge < -0.3 is 10.5 Å². The number of ether oxygens (including phenoxy) is 1. The summed E-state index contributed by atoms with van der Waals surface area (Å²) in [5.74, 6) is 0.710. The lowest BCUT2D eigenvalue weighted by Crippen LogP contribution is -2.15. The van der Waals surface area contributed by atoms with Gasteiger partial charge in [0.05, 0.1) is 5.69 Å². The van der Waals surface area contributed by atoms with E-state index in [1.54, 1.807) is 0 Å². The number of fused-ring (bicyclic) bond motifs is 8. The van der Waals surface area contributed by atoms with E-state index in [-0.39, 0.29) is 10.8 Å². The normalized spacial score (nSPS) is 14.9. The Bertz CT molecular complexity index is 2430. The zero-order chi connectivity index (χ0) is 32.1. The number of hydrogen-bond acceptors (Lipinski definition) is 2. The molecule has 0 fully saturated rings. The summed E-state index contributed by atoms with van der Waals surface area (Å²) in [5.41, 5.74) is 21.4. The molecule has 0 spiro atoms. The van der Waals surface area contributed by atoms with E-state index in [0.717, 1.165) is 0 Å². The SMILES string of the molecule is CC1(C)c2ccccc2-c2ccc(-c3c4ccccc4c(COc4ccccc4N)c4cc5c(cc34)C(C)(C)c3ccccc3-5)cc21. The molecule has 228 valence electrons. The molecule has 7 aromatic carbocycles. The van der Waals surface area contributed by atoms with Gasteiger partial charge in [-0.15, -0.1) is 0 Å². The lowest BCUT2D eigenvalue weighted by Gasteiger charge is -2.25. The van der Waals surface area contributed by atoms with Crippen molar-refractivity contribution < 1.29 is 4.74 Å². The third-order valence-electron chi connectivity index (χ3n) is 11.0. The van der Waals surface area contributed by atoms with E-state index in [1.807, 2.05) is 24.3 Å². The fourth-order valence-electron chi connectivity index (χ4n) is 8.55. The highest BCUT2D eigenvalue weighted by molar-refractivity contribution is 6.16. The van der Waals surface area contributed by atoms with Crippen molar-refractivity contribution in [1.29, 1.82) is 0 Å². The van der Waals surface area contributed by atoms with Crippen LogP contribution in [-0.2, 0) is 17.4 Å². The lowest BCUT2D eigenvalue weighted by atomic mass is 9.79. The second-order valence-electron chi connectivity index (χ2n) is 14.3. The van der Waals surface area contributed by atoms with E-state index in [4.69, 9.17) is 10.5 Å². The van der Waals surface area contributed by atoms with Crippen LogP contribution in [0.3, 0.4) is 0 Å². The first kappa shape index (κ1) is 27.9. The molecule has 0 radical (unpaired) electrons. The van der Waals surface area contributed by atoms with Crippen LogP contribution in [-0.4, -0.2) is 0 Å². The van der Waals surface area contributed by atoms with Crippen LogP contribution in [0, 0.1) is 0 Å². The van der Waals surface area contributed by atoms with Crippen molar-refractivity contribution in [2.24, 2.45) is 0 Å². The monoisotopic (exact) mass is 607 g/mol. The molecule has 7 aromatic rings. The fraction of sp³-hybridized carbons (Fsp3) is 0.156. The van der Waals surface area contributed by atoms with Gasteiger partial charge in [0.2, 0.25) is 0 Å². The molecule has 9 rings (SSSR count). The predicted octanol–water partition coefficient (Wildman–Crippen LogP) is 11.4. The summed E-state index contributed by atoms with van der Waals surface area (Å²) in [4.78, 5) is 0. The molecule has 0 saturated carbocycles. The van der Waals surface area contributed by atoms with Crippen molar-refractivity contribution in [2.45, 2.75) is 45.1 Å². The smallest absolute Gasteiger partial charge is 0.142 e. The number of anilines is 1. The lowest BCUT2D eigenvalue weighted by molar-refractivity contribution is 0.311. The highest BCUT2D eigenvalue weighted by Crippen LogP contribution is 2.54.